The Bertz CT molecular complexity index is 1000. The molecule has 0 aliphatic heterocycles. The zero-order valence-corrected chi connectivity index (χ0v) is 17.6. The van der Waals surface area contributed by atoms with E-state index in [4.69, 9.17) is 11.6 Å². The van der Waals surface area contributed by atoms with Gasteiger partial charge in [0.25, 0.3) is 17.7 Å². The van der Waals surface area contributed by atoms with Gasteiger partial charge in [-0.3, -0.25) is 14.4 Å². The molecule has 0 fully saturated rings. The second kappa shape index (κ2) is 10.6. The molecule has 0 saturated carbocycles. The van der Waals surface area contributed by atoms with Gasteiger partial charge in [-0.05, 0) is 53.4 Å². The first-order chi connectivity index (χ1) is 14.5. The molecule has 0 radical (unpaired) electrons. The lowest BCUT2D eigenvalue weighted by molar-refractivity contribution is 0.0927. The molecule has 1 heterocycles. The average Bonchev–Trinajstić information content (AvgIpc) is 3.30. The summed E-state index contributed by atoms with van der Waals surface area (Å²) in [5, 5.41) is 10.8. The molecule has 1 aromatic heterocycles. The van der Waals surface area contributed by atoms with E-state index < -0.39 is 0 Å². The summed E-state index contributed by atoms with van der Waals surface area (Å²) in [6, 6.07) is 17.2. The maximum absolute atomic E-state index is 12.2. The summed E-state index contributed by atoms with van der Waals surface area (Å²) in [5.74, 6) is -0.577. The maximum atomic E-state index is 12.2. The number of nitrogens with one attached hydrogen (secondary N) is 3. The molecule has 0 saturated heterocycles. The van der Waals surface area contributed by atoms with Gasteiger partial charge in [-0.2, -0.15) is 0 Å². The van der Waals surface area contributed by atoms with Crippen molar-refractivity contribution in [1.29, 1.82) is 0 Å². The number of hydrogen-bond acceptors (Lipinski definition) is 4. The molecule has 0 aliphatic rings. The summed E-state index contributed by atoms with van der Waals surface area (Å²) < 4.78 is 0. The number of rotatable bonds is 8. The highest BCUT2D eigenvalue weighted by Gasteiger charge is 2.08. The summed E-state index contributed by atoms with van der Waals surface area (Å²) in [4.78, 5) is 36.8. The van der Waals surface area contributed by atoms with Gasteiger partial charge in [0.2, 0.25) is 0 Å². The van der Waals surface area contributed by atoms with Crippen molar-refractivity contribution < 1.29 is 14.4 Å². The molecular formula is C22H20ClN3O3S. The zero-order chi connectivity index (χ0) is 21.3. The van der Waals surface area contributed by atoms with Gasteiger partial charge in [-0.25, -0.2) is 0 Å². The minimum Gasteiger partial charge on any atom is -0.350 e. The van der Waals surface area contributed by atoms with Crippen LogP contribution in [0.2, 0.25) is 5.02 Å². The predicted octanol–water partition coefficient (Wildman–Crippen LogP) is 3.49. The number of amides is 3. The highest BCUT2D eigenvalue weighted by atomic mass is 35.5. The van der Waals surface area contributed by atoms with Crippen molar-refractivity contribution in [3.63, 3.8) is 0 Å². The van der Waals surface area contributed by atoms with Crippen molar-refractivity contribution in [2.24, 2.45) is 0 Å². The van der Waals surface area contributed by atoms with Crippen molar-refractivity contribution in [3.8, 4) is 0 Å². The van der Waals surface area contributed by atoms with Crippen LogP contribution in [0.3, 0.4) is 0 Å². The third kappa shape index (κ3) is 6.17. The molecule has 0 bridgehead atoms. The fraction of sp³-hybridized carbons (Fsp3) is 0.136. The first-order valence-corrected chi connectivity index (χ1v) is 10.5. The van der Waals surface area contributed by atoms with E-state index in [9.17, 15) is 14.4 Å². The SMILES string of the molecule is O=C(NCCNC(=O)c1ccc(CNC(=O)c2cccs2)cc1)c1ccc(Cl)cc1. The lowest BCUT2D eigenvalue weighted by atomic mass is 10.1. The van der Waals surface area contributed by atoms with Gasteiger partial charge in [-0.15, -0.1) is 11.3 Å². The molecule has 3 aromatic rings. The Labute approximate surface area is 183 Å². The van der Waals surface area contributed by atoms with Crippen LogP contribution in [-0.2, 0) is 6.54 Å². The standard InChI is InChI=1S/C22H20ClN3O3S/c23-18-9-7-17(8-10-18)21(28)25-12-11-24-20(27)16-5-3-15(4-6-16)14-26-22(29)19-2-1-13-30-19/h1-10,13H,11-12,14H2,(H,24,27)(H,25,28)(H,26,29). The molecule has 0 aliphatic carbocycles. The van der Waals surface area contributed by atoms with Gasteiger partial charge in [0.1, 0.15) is 0 Å². The van der Waals surface area contributed by atoms with E-state index in [-0.39, 0.29) is 17.7 Å². The number of carbonyl (C=O) groups is 3. The second-order valence-corrected chi connectivity index (χ2v) is 7.76. The van der Waals surface area contributed by atoms with Gasteiger partial charge in [0, 0.05) is 35.8 Å². The Morgan fingerprint density at radius 3 is 1.83 bits per heavy atom. The smallest absolute Gasteiger partial charge is 0.261 e. The largest absolute Gasteiger partial charge is 0.350 e. The minimum atomic E-state index is -0.232. The number of carbonyl (C=O) groups excluding carboxylic acids is 3. The third-order valence-electron chi connectivity index (χ3n) is 4.22. The minimum absolute atomic E-state index is 0.118. The molecular weight excluding hydrogens is 422 g/mol. The van der Waals surface area contributed by atoms with Crippen LogP contribution in [-0.4, -0.2) is 30.8 Å². The lowest BCUT2D eigenvalue weighted by Crippen LogP contribution is -2.34. The predicted molar refractivity (Wildman–Crippen MR) is 118 cm³/mol. The molecule has 0 atom stereocenters. The number of halogens is 1. The quantitative estimate of drug-likeness (QED) is 0.467. The van der Waals surface area contributed by atoms with Crippen LogP contribution in [0.4, 0.5) is 0 Å². The highest BCUT2D eigenvalue weighted by molar-refractivity contribution is 7.12. The summed E-state index contributed by atoms with van der Waals surface area (Å²) in [6.07, 6.45) is 0. The van der Waals surface area contributed by atoms with Crippen LogP contribution in [0.15, 0.2) is 66.0 Å². The Kier molecular flexibility index (Phi) is 7.59. The lowest BCUT2D eigenvalue weighted by Gasteiger charge is -2.08. The fourth-order valence-corrected chi connectivity index (χ4v) is 3.37. The van der Waals surface area contributed by atoms with Crippen LogP contribution < -0.4 is 16.0 Å². The fourth-order valence-electron chi connectivity index (χ4n) is 2.61. The van der Waals surface area contributed by atoms with Crippen LogP contribution in [0.25, 0.3) is 0 Å². The Morgan fingerprint density at radius 1 is 0.733 bits per heavy atom. The summed E-state index contributed by atoms with van der Waals surface area (Å²) in [7, 11) is 0. The van der Waals surface area contributed by atoms with E-state index in [1.165, 1.54) is 11.3 Å². The molecule has 3 amide bonds. The first-order valence-electron chi connectivity index (χ1n) is 9.25. The topological polar surface area (TPSA) is 87.3 Å². The van der Waals surface area contributed by atoms with Crippen molar-refractivity contribution in [2.75, 3.05) is 13.1 Å². The van der Waals surface area contributed by atoms with E-state index in [0.717, 1.165) is 5.56 Å². The van der Waals surface area contributed by atoms with E-state index in [2.05, 4.69) is 16.0 Å². The second-order valence-electron chi connectivity index (χ2n) is 6.38. The van der Waals surface area contributed by atoms with Gasteiger partial charge >= 0.3 is 0 Å². The Balaban J connectivity index is 1.39. The molecule has 30 heavy (non-hydrogen) atoms. The monoisotopic (exact) mass is 441 g/mol. The van der Waals surface area contributed by atoms with Crippen molar-refractivity contribution >= 4 is 40.7 Å². The number of benzene rings is 2. The normalized spacial score (nSPS) is 10.3. The molecule has 3 N–H and O–H groups in total. The summed E-state index contributed by atoms with van der Waals surface area (Å²) in [6.45, 7) is 0.992. The maximum Gasteiger partial charge on any atom is 0.261 e. The Hall–Kier alpha value is -3.16. The van der Waals surface area contributed by atoms with Crippen LogP contribution in [0.1, 0.15) is 36.0 Å². The van der Waals surface area contributed by atoms with E-state index >= 15 is 0 Å². The summed E-state index contributed by atoms with van der Waals surface area (Å²) >= 11 is 7.19. The highest BCUT2D eigenvalue weighted by Crippen LogP contribution is 2.10. The van der Waals surface area contributed by atoms with E-state index in [1.54, 1.807) is 54.6 Å². The van der Waals surface area contributed by atoms with E-state index in [1.807, 2.05) is 11.4 Å². The van der Waals surface area contributed by atoms with Gasteiger partial charge < -0.3 is 16.0 Å². The Morgan fingerprint density at radius 2 is 1.30 bits per heavy atom. The molecule has 2 aromatic carbocycles. The molecule has 8 heteroatoms. The van der Waals surface area contributed by atoms with Gasteiger partial charge in [0.05, 0.1) is 4.88 Å². The molecule has 3 rings (SSSR count). The van der Waals surface area contributed by atoms with Gasteiger partial charge in [0.15, 0.2) is 0 Å². The van der Waals surface area contributed by atoms with Crippen LogP contribution in [0.5, 0.6) is 0 Å². The number of thiophene rings is 1. The van der Waals surface area contributed by atoms with E-state index in [0.29, 0.717) is 40.7 Å². The average molecular weight is 442 g/mol. The third-order valence-corrected chi connectivity index (χ3v) is 5.34. The molecule has 6 nitrogen and oxygen atoms in total. The molecule has 154 valence electrons. The number of hydrogen-bond donors (Lipinski definition) is 3. The first kappa shape index (κ1) is 21.5. The molecule has 0 unspecified atom stereocenters. The van der Waals surface area contributed by atoms with Crippen molar-refractivity contribution in [1.82, 2.24) is 16.0 Å². The zero-order valence-electron chi connectivity index (χ0n) is 16.0. The summed E-state index contributed by atoms with van der Waals surface area (Å²) in [5.41, 5.74) is 1.91. The van der Waals surface area contributed by atoms with Crippen molar-refractivity contribution in [3.05, 3.63) is 92.6 Å². The van der Waals surface area contributed by atoms with Crippen LogP contribution >= 0.6 is 22.9 Å². The van der Waals surface area contributed by atoms with Crippen molar-refractivity contribution in [2.45, 2.75) is 6.54 Å². The van der Waals surface area contributed by atoms with Crippen LogP contribution in [0, 0.1) is 0 Å². The van der Waals surface area contributed by atoms with Gasteiger partial charge in [-0.1, -0.05) is 29.8 Å². The molecule has 0 spiro atoms.